The SMILES string of the molecule is CC(C)(C)c1ccc(C2=CC(=Cc3ccc(-c4cccc(C(F)(F)F)c4)o3)C(=O)N2)cc1. The molecule has 2 aromatic carbocycles. The van der Waals surface area contributed by atoms with Crippen LogP contribution in [0.25, 0.3) is 23.1 Å². The largest absolute Gasteiger partial charge is 0.457 e. The van der Waals surface area contributed by atoms with Crippen molar-refractivity contribution in [1.29, 1.82) is 0 Å². The minimum Gasteiger partial charge on any atom is -0.457 e. The quantitative estimate of drug-likeness (QED) is 0.457. The molecule has 3 aromatic rings. The van der Waals surface area contributed by atoms with E-state index in [0.717, 1.165) is 17.7 Å². The summed E-state index contributed by atoms with van der Waals surface area (Å²) in [5.74, 6) is 0.406. The van der Waals surface area contributed by atoms with Gasteiger partial charge in [0.1, 0.15) is 11.5 Å². The molecule has 0 saturated carbocycles. The number of benzene rings is 2. The van der Waals surface area contributed by atoms with E-state index in [1.54, 1.807) is 30.4 Å². The van der Waals surface area contributed by atoms with E-state index in [2.05, 4.69) is 26.1 Å². The van der Waals surface area contributed by atoms with Crippen molar-refractivity contribution in [2.75, 3.05) is 0 Å². The lowest BCUT2D eigenvalue weighted by molar-refractivity contribution is -0.137. The van der Waals surface area contributed by atoms with E-state index < -0.39 is 11.7 Å². The number of carbonyl (C=O) groups is 1. The average molecular weight is 437 g/mol. The van der Waals surface area contributed by atoms with Gasteiger partial charge in [-0.05, 0) is 53.0 Å². The maximum atomic E-state index is 13.0. The van der Waals surface area contributed by atoms with Crippen LogP contribution in [-0.2, 0) is 16.4 Å². The fourth-order valence-corrected chi connectivity index (χ4v) is 3.45. The van der Waals surface area contributed by atoms with Gasteiger partial charge in [0.05, 0.1) is 5.56 Å². The van der Waals surface area contributed by atoms with Gasteiger partial charge in [-0.15, -0.1) is 0 Å². The molecule has 32 heavy (non-hydrogen) atoms. The molecule has 2 heterocycles. The lowest BCUT2D eigenvalue weighted by Gasteiger charge is -2.19. The Labute approximate surface area is 184 Å². The molecule has 1 aliphatic heterocycles. The molecule has 0 radical (unpaired) electrons. The summed E-state index contributed by atoms with van der Waals surface area (Å²) in [5.41, 5.74) is 2.78. The molecule has 0 fully saturated rings. The summed E-state index contributed by atoms with van der Waals surface area (Å²) in [6, 6.07) is 16.2. The standard InChI is InChI=1S/C26H22F3NO2/c1-25(2,3)19-9-7-16(8-10-19)22-15-18(24(31)30-22)14-21-11-12-23(32-21)17-5-4-6-20(13-17)26(27,28)29/h4-15H,1-3H3,(H,30,31). The highest BCUT2D eigenvalue weighted by molar-refractivity contribution is 6.10. The van der Waals surface area contributed by atoms with Gasteiger partial charge in [-0.3, -0.25) is 4.79 Å². The molecule has 0 unspecified atom stereocenters. The van der Waals surface area contributed by atoms with E-state index in [-0.39, 0.29) is 11.3 Å². The minimum atomic E-state index is -4.43. The second-order valence-electron chi connectivity index (χ2n) is 8.72. The van der Waals surface area contributed by atoms with Crippen LogP contribution in [-0.4, -0.2) is 5.91 Å². The molecule has 1 N–H and O–H groups in total. The maximum Gasteiger partial charge on any atom is 0.416 e. The highest BCUT2D eigenvalue weighted by atomic mass is 19.4. The first-order valence-electron chi connectivity index (χ1n) is 10.1. The third-order valence-electron chi connectivity index (χ3n) is 5.27. The first-order valence-corrected chi connectivity index (χ1v) is 10.1. The van der Waals surface area contributed by atoms with Gasteiger partial charge >= 0.3 is 6.18 Å². The number of alkyl halides is 3. The molecule has 0 aliphatic carbocycles. The van der Waals surface area contributed by atoms with Crippen LogP contribution in [0.5, 0.6) is 0 Å². The molecule has 1 aliphatic rings. The van der Waals surface area contributed by atoms with E-state index in [1.165, 1.54) is 11.6 Å². The van der Waals surface area contributed by atoms with Crippen LogP contribution in [0, 0.1) is 0 Å². The van der Waals surface area contributed by atoms with E-state index in [0.29, 0.717) is 28.4 Å². The van der Waals surface area contributed by atoms with Crippen molar-refractivity contribution in [3.8, 4) is 11.3 Å². The fourth-order valence-electron chi connectivity index (χ4n) is 3.45. The molecule has 3 nitrogen and oxygen atoms in total. The molecule has 1 amide bonds. The van der Waals surface area contributed by atoms with Crippen LogP contribution < -0.4 is 5.32 Å². The van der Waals surface area contributed by atoms with Crippen LogP contribution in [0.1, 0.15) is 43.2 Å². The van der Waals surface area contributed by atoms with Crippen LogP contribution in [0.3, 0.4) is 0 Å². The predicted octanol–water partition coefficient (Wildman–Crippen LogP) is 6.82. The van der Waals surface area contributed by atoms with E-state index >= 15 is 0 Å². The van der Waals surface area contributed by atoms with Gasteiger partial charge in [0, 0.05) is 16.8 Å². The summed E-state index contributed by atoms with van der Waals surface area (Å²) in [4.78, 5) is 12.4. The first-order chi connectivity index (χ1) is 15.0. The number of hydrogen-bond donors (Lipinski definition) is 1. The number of carbonyl (C=O) groups excluding carboxylic acids is 1. The van der Waals surface area contributed by atoms with Crippen molar-refractivity contribution >= 4 is 17.7 Å². The Morgan fingerprint density at radius 1 is 0.875 bits per heavy atom. The Morgan fingerprint density at radius 3 is 2.25 bits per heavy atom. The van der Waals surface area contributed by atoms with Crippen LogP contribution in [0.2, 0.25) is 0 Å². The Morgan fingerprint density at radius 2 is 1.59 bits per heavy atom. The molecular formula is C26H22F3NO2. The molecular weight excluding hydrogens is 415 g/mol. The van der Waals surface area contributed by atoms with Gasteiger partial charge in [0.25, 0.3) is 5.91 Å². The van der Waals surface area contributed by atoms with Crippen molar-refractivity contribution in [1.82, 2.24) is 5.32 Å². The summed E-state index contributed by atoms with van der Waals surface area (Å²) in [7, 11) is 0. The zero-order valence-corrected chi connectivity index (χ0v) is 17.9. The number of hydrogen-bond acceptors (Lipinski definition) is 2. The summed E-state index contributed by atoms with van der Waals surface area (Å²) in [6.07, 6.45) is -1.12. The lowest BCUT2D eigenvalue weighted by atomic mass is 9.86. The number of halogens is 3. The third-order valence-corrected chi connectivity index (χ3v) is 5.27. The smallest absolute Gasteiger partial charge is 0.416 e. The molecule has 164 valence electrons. The molecule has 0 bridgehead atoms. The summed E-state index contributed by atoms with van der Waals surface area (Å²) in [5, 5.41) is 2.85. The van der Waals surface area contributed by atoms with E-state index in [4.69, 9.17) is 4.42 Å². The Bertz CT molecular complexity index is 1220. The second kappa shape index (κ2) is 7.86. The minimum absolute atomic E-state index is 0.0352. The van der Waals surface area contributed by atoms with Crippen LogP contribution in [0.15, 0.2) is 76.7 Å². The van der Waals surface area contributed by atoms with Gasteiger partial charge in [-0.1, -0.05) is 57.2 Å². The van der Waals surface area contributed by atoms with Crippen LogP contribution in [0.4, 0.5) is 13.2 Å². The summed E-state index contributed by atoms with van der Waals surface area (Å²) >= 11 is 0. The van der Waals surface area contributed by atoms with Gasteiger partial charge in [-0.25, -0.2) is 0 Å². The zero-order chi connectivity index (χ0) is 23.1. The van der Waals surface area contributed by atoms with Crippen molar-refractivity contribution in [3.05, 3.63) is 94.8 Å². The summed E-state index contributed by atoms with van der Waals surface area (Å²) < 4.78 is 44.6. The second-order valence-corrected chi connectivity index (χ2v) is 8.72. The Kier molecular flexibility index (Phi) is 5.33. The fraction of sp³-hybridized carbons (Fsp3) is 0.192. The molecule has 4 rings (SSSR count). The van der Waals surface area contributed by atoms with E-state index in [1.807, 2.05) is 24.3 Å². The van der Waals surface area contributed by atoms with Crippen LogP contribution >= 0.6 is 0 Å². The van der Waals surface area contributed by atoms with Gasteiger partial charge in [-0.2, -0.15) is 13.2 Å². The zero-order valence-electron chi connectivity index (χ0n) is 17.9. The Balaban J connectivity index is 1.58. The normalized spacial score (nSPS) is 15.8. The lowest BCUT2D eigenvalue weighted by Crippen LogP contribution is -2.16. The van der Waals surface area contributed by atoms with Crippen molar-refractivity contribution in [2.45, 2.75) is 32.4 Å². The monoisotopic (exact) mass is 437 g/mol. The third kappa shape index (κ3) is 4.54. The highest BCUT2D eigenvalue weighted by Crippen LogP contribution is 2.33. The van der Waals surface area contributed by atoms with Gasteiger partial charge < -0.3 is 9.73 Å². The number of rotatable bonds is 3. The number of furan rings is 1. The van der Waals surface area contributed by atoms with Gasteiger partial charge in [0.15, 0.2) is 0 Å². The Hall–Kier alpha value is -3.54. The highest BCUT2D eigenvalue weighted by Gasteiger charge is 2.30. The average Bonchev–Trinajstić information content (AvgIpc) is 3.34. The molecule has 6 heteroatoms. The molecule has 1 aromatic heterocycles. The molecule has 0 saturated heterocycles. The van der Waals surface area contributed by atoms with Gasteiger partial charge in [0.2, 0.25) is 0 Å². The van der Waals surface area contributed by atoms with Crippen molar-refractivity contribution < 1.29 is 22.4 Å². The molecule has 0 atom stereocenters. The number of amides is 1. The van der Waals surface area contributed by atoms with E-state index in [9.17, 15) is 18.0 Å². The first kappa shape index (κ1) is 21.7. The number of nitrogens with one attached hydrogen (secondary N) is 1. The molecule has 0 spiro atoms. The summed E-state index contributed by atoms with van der Waals surface area (Å²) in [6.45, 7) is 6.41. The topological polar surface area (TPSA) is 42.2 Å². The predicted molar refractivity (Wildman–Crippen MR) is 118 cm³/mol. The maximum absolute atomic E-state index is 13.0. The van der Waals surface area contributed by atoms with Crippen molar-refractivity contribution in [2.24, 2.45) is 0 Å². The van der Waals surface area contributed by atoms with Crippen molar-refractivity contribution in [3.63, 3.8) is 0 Å².